The third kappa shape index (κ3) is 14.8. The maximum atomic E-state index is 14.0. The predicted molar refractivity (Wildman–Crippen MR) is 264 cm³/mol. The molecule has 71 heavy (non-hydrogen) atoms. The van der Waals surface area contributed by atoms with Crippen molar-refractivity contribution in [2.45, 2.75) is 182 Å². The second kappa shape index (κ2) is 26.0. The van der Waals surface area contributed by atoms with Crippen LogP contribution in [0.5, 0.6) is 11.5 Å². The number of aliphatic hydroxyl groups is 5. The van der Waals surface area contributed by atoms with Crippen LogP contribution in [0.15, 0.2) is 58.7 Å². The highest BCUT2D eigenvalue weighted by atomic mass is 35.5. The number of phenols is 2. The number of benzene rings is 1. The minimum absolute atomic E-state index is 0.0132. The number of cyclic esters (lactones) is 1. The topological polar surface area (TPSA) is 257 Å². The lowest BCUT2D eigenvalue weighted by Crippen LogP contribution is -2.64. The molecule has 0 aromatic heterocycles. The molecule has 3 unspecified atom stereocenters. The molecule has 0 aliphatic carbocycles. The molecule has 0 bridgehead atoms. The highest BCUT2D eigenvalue weighted by Crippen LogP contribution is 2.45. The van der Waals surface area contributed by atoms with Crippen molar-refractivity contribution in [2.75, 3.05) is 13.2 Å². The number of hydrogen-bond donors (Lipinski definition) is 7. The van der Waals surface area contributed by atoms with E-state index >= 15 is 0 Å². The van der Waals surface area contributed by atoms with Gasteiger partial charge in [-0.1, -0.05) is 94.6 Å². The van der Waals surface area contributed by atoms with Crippen molar-refractivity contribution in [1.82, 2.24) is 0 Å². The first kappa shape index (κ1) is 59.9. The summed E-state index contributed by atoms with van der Waals surface area (Å²) >= 11 is 12.2. The number of halogens is 2. The van der Waals surface area contributed by atoms with E-state index in [0.29, 0.717) is 23.1 Å². The molecule has 0 radical (unpaired) electrons. The Morgan fingerprint density at radius 3 is 2.13 bits per heavy atom. The zero-order chi connectivity index (χ0) is 53.4. The van der Waals surface area contributed by atoms with E-state index in [9.17, 15) is 50.1 Å². The number of allylic oxidation sites excluding steroid dienone is 4. The molecular weight excluding hydrogens is 967 g/mol. The first-order chi connectivity index (χ1) is 33.2. The summed E-state index contributed by atoms with van der Waals surface area (Å²) in [7, 11) is 0. The van der Waals surface area contributed by atoms with Crippen LogP contribution in [0.3, 0.4) is 0 Å². The van der Waals surface area contributed by atoms with Gasteiger partial charge in [-0.25, -0.2) is 9.59 Å². The maximum absolute atomic E-state index is 14.0. The van der Waals surface area contributed by atoms with E-state index in [-0.39, 0.29) is 59.1 Å². The lowest BCUT2D eigenvalue weighted by atomic mass is 9.88. The number of carbonyl (C=O) groups is 3. The Hall–Kier alpha value is -3.69. The first-order valence-corrected chi connectivity index (χ1v) is 24.8. The van der Waals surface area contributed by atoms with Crippen LogP contribution in [0.25, 0.3) is 0 Å². The molecule has 13 atom stereocenters. The first-order valence-electron chi connectivity index (χ1n) is 24.1. The summed E-state index contributed by atoms with van der Waals surface area (Å²) in [5.41, 5.74) is 0.387. The normalized spacial score (nSPS) is 34.7. The van der Waals surface area contributed by atoms with Gasteiger partial charge in [0.1, 0.15) is 53.8 Å². The molecule has 1 aromatic carbocycles. The van der Waals surface area contributed by atoms with Crippen LogP contribution in [-0.2, 0) is 49.2 Å². The molecule has 0 spiro atoms. The monoisotopic (exact) mass is 1040 g/mol. The van der Waals surface area contributed by atoms with Gasteiger partial charge in [-0.3, -0.25) is 4.79 Å². The lowest BCUT2D eigenvalue weighted by molar-refractivity contribution is -0.336. The summed E-state index contributed by atoms with van der Waals surface area (Å²) in [4.78, 5) is 39.8. The van der Waals surface area contributed by atoms with E-state index in [4.69, 9.17) is 56.4 Å². The molecule has 3 aliphatic rings. The fourth-order valence-corrected chi connectivity index (χ4v) is 9.04. The molecule has 2 fully saturated rings. The Balaban J connectivity index is 1.59. The van der Waals surface area contributed by atoms with Crippen LogP contribution in [0.4, 0.5) is 0 Å². The Bertz CT molecular complexity index is 2200. The Morgan fingerprint density at radius 2 is 1.52 bits per heavy atom. The summed E-state index contributed by atoms with van der Waals surface area (Å²) in [6, 6.07) is 0. The molecule has 4 rings (SSSR count). The van der Waals surface area contributed by atoms with E-state index in [0.717, 1.165) is 0 Å². The highest BCUT2D eigenvalue weighted by Gasteiger charge is 2.52. The molecule has 398 valence electrons. The number of aromatic hydroxyl groups is 2. The smallest absolute Gasteiger partial charge is 0.342 e. The number of ketones is 1. The van der Waals surface area contributed by atoms with Gasteiger partial charge in [0, 0.05) is 11.8 Å². The van der Waals surface area contributed by atoms with Crippen LogP contribution in [0.1, 0.15) is 112 Å². The van der Waals surface area contributed by atoms with Gasteiger partial charge < -0.3 is 68.9 Å². The largest absolute Gasteiger partial charge is 0.505 e. The summed E-state index contributed by atoms with van der Waals surface area (Å²) in [6.07, 6.45) is -4.74. The van der Waals surface area contributed by atoms with Crippen LogP contribution >= 0.6 is 23.2 Å². The fraction of sp³-hybridized carbons (Fsp3) is 0.635. The minimum Gasteiger partial charge on any atom is -0.505 e. The number of esters is 2. The Morgan fingerprint density at radius 1 is 0.873 bits per heavy atom. The molecule has 0 amide bonds. The van der Waals surface area contributed by atoms with Gasteiger partial charge in [0.05, 0.1) is 41.1 Å². The van der Waals surface area contributed by atoms with Gasteiger partial charge in [0.25, 0.3) is 0 Å². The average molecular weight is 1040 g/mol. The van der Waals surface area contributed by atoms with Crippen molar-refractivity contribution < 1.29 is 83.3 Å². The molecule has 17 nitrogen and oxygen atoms in total. The van der Waals surface area contributed by atoms with Gasteiger partial charge in [0.2, 0.25) is 0 Å². The van der Waals surface area contributed by atoms with E-state index in [1.54, 1.807) is 59.8 Å². The standard InChI is InChI=1S/C52H74Cl2O17/c1-13-30-21-27(8)33(55)18-16-15-17-31(22-66-50-43(61)41(59)46(29(10)67-50)69-49(64)36-32(14-2)37(53)40(58)38(54)39(36)57)48(63)68-35(25(5)6)20-26(7)19-28(9)45(30)70-51-44(62)42(60)47(52(11,12)71-51)65-23-34(56)24(3)4/h15-17,19-21,24-25,29-30,33,35,41-47,50-51,55,57-62H,13-14,18,22-23H2,1-12H3/b16-15+,26-20+,27-21+,28-19+,31-17+/t29-,30+,33?,35?,41-,42-,43+,44+,45+,46?,47+,50-,51-/m1/s1. The quantitative estimate of drug-likeness (QED) is 0.0774. The lowest BCUT2D eigenvalue weighted by Gasteiger charge is -2.48. The van der Waals surface area contributed by atoms with Gasteiger partial charge >= 0.3 is 11.9 Å². The molecule has 3 heterocycles. The SMILES string of the molecule is CCc1c(Cl)c(O)c(Cl)c(O)c1C(=O)OC1[C@@H](C)O[C@@H](OC/C2=C\C=C\CC(O)/C(C)=C/[C@H](CC)[C@@H](O[C@@H]3OC(C)(C)[C@@H](OCC(=O)C(C)C)[C@H](O)[C@@H]3O)/C(C)=C/C(C)=C/C(C(C)C)OC2=O)[C@@H](O)[C@H]1O. The van der Waals surface area contributed by atoms with Gasteiger partial charge in [-0.2, -0.15) is 0 Å². The van der Waals surface area contributed by atoms with Crippen molar-refractivity contribution in [3.8, 4) is 11.5 Å². The summed E-state index contributed by atoms with van der Waals surface area (Å²) in [6.45, 7) is 20.3. The van der Waals surface area contributed by atoms with E-state index in [2.05, 4.69) is 0 Å². The second-order valence-electron chi connectivity index (χ2n) is 19.7. The van der Waals surface area contributed by atoms with Crippen molar-refractivity contribution in [2.24, 2.45) is 17.8 Å². The van der Waals surface area contributed by atoms with E-state index in [1.807, 2.05) is 46.8 Å². The number of ether oxygens (including phenoxy) is 7. The number of rotatable bonds is 14. The molecule has 0 saturated carbocycles. The van der Waals surface area contributed by atoms with Crippen molar-refractivity contribution in [3.63, 3.8) is 0 Å². The molecular formula is C52H74Cl2O17. The maximum Gasteiger partial charge on any atom is 0.342 e. The predicted octanol–water partition coefficient (Wildman–Crippen LogP) is 6.51. The number of phenolic OH excluding ortho intramolecular Hbond substituents is 2. The zero-order valence-electron chi connectivity index (χ0n) is 42.6. The van der Waals surface area contributed by atoms with Gasteiger partial charge in [-0.05, 0) is 95.6 Å². The summed E-state index contributed by atoms with van der Waals surface area (Å²) in [5, 5.41) is 76.5. The zero-order valence-corrected chi connectivity index (χ0v) is 44.1. The number of Topliss-reactive ketones (excluding diaryl/α,β-unsaturated/α-hetero) is 1. The molecule has 2 saturated heterocycles. The molecule has 1 aromatic rings. The number of carbonyl (C=O) groups excluding carboxylic acids is 3. The molecule has 19 heteroatoms. The third-order valence-electron chi connectivity index (χ3n) is 12.9. The van der Waals surface area contributed by atoms with Gasteiger partial charge in [0.15, 0.2) is 36.0 Å². The number of aliphatic hydroxyl groups excluding tert-OH is 5. The summed E-state index contributed by atoms with van der Waals surface area (Å²) in [5.74, 6) is -4.40. The van der Waals surface area contributed by atoms with Crippen molar-refractivity contribution >= 4 is 40.9 Å². The third-order valence-corrected chi connectivity index (χ3v) is 13.7. The average Bonchev–Trinajstić information content (AvgIpc) is 3.30. The minimum atomic E-state index is -1.81. The molecule has 7 N–H and O–H groups in total. The van der Waals surface area contributed by atoms with Gasteiger partial charge in [-0.15, -0.1) is 0 Å². The number of hydrogen-bond acceptors (Lipinski definition) is 17. The Labute approximate surface area is 426 Å². The van der Waals surface area contributed by atoms with E-state index < -0.39 is 120 Å². The second-order valence-corrected chi connectivity index (χ2v) is 20.4. The molecule has 3 aliphatic heterocycles. The van der Waals surface area contributed by atoms with Crippen molar-refractivity contribution in [3.05, 3.63) is 79.9 Å². The fourth-order valence-electron chi connectivity index (χ4n) is 8.48. The summed E-state index contributed by atoms with van der Waals surface area (Å²) < 4.78 is 42.1. The van der Waals surface area contributed by atoms with Crippen LogP contribution < -0.4 is 0 Å². The van der Waals surface area contributed by atoms with Crippen molar-refractivity contribution in [1.29, 1.82) is 0 Å². The highest BCUT2D eigenvalue weighted by molar-refractivity contribution is 6.39. The Kier molecular flexibility index (Phi) is 21.9. The van der Waals surface area contributed by atoms with Crippen LogP contribution in [0.2, 0.25) is 10.0 Å². The van der Waals surface area contributed by atoms with E-state index in [1.165, 1.54) is 13.0 Å². The van der Waals surface area contributed by atoms with Crippen LogP contribution in [0, 0.1) is 17.8 Å². The van der Waals surface area contributed by atoms with Crippen LogP contribution in [-0.4, -0.2) is 146 Å².